The minimum Gasteiger partial charge on any atom is -0.508 e. The number of nitrogens with zero attached hydrogens (tertiary/aromatic N) is 2. The molecule has 1 aliphatic carbocycles. The smallest absolute Gasteiger partial charge is 0.337 e. The lowest BCUT2D eigenvalue weighted by Crippen LogP contribution is -1.97. The van der Waals surface area contributed by atoms with Crippen LogP contribution in [0.15, 0.2) is 36.5 Å². The predicted octanol–water partition coefficient (Wildman–Crippen LogP) is 2.45. The van der Waals surface area contributed by atoms with Crippen molar-refractivity contribution < 1.29 is 15.0 Å². The van der Waals surface area contributed by atoms with E-state index in [0.717, 1.165) is 28.1 Å². The standard InChI is InChI=1S/C16H11N3O3/c20-10-2-3-11-9(5-10)6-12-14(11)18-19-15(12)13-4-1-8(7-17-13)16(21)22/h1-5,7,20H,6H2,(H,18,19)(H,21,22). The molecule has 0 bridgehead atoms. The van der Waals surface area contributed by atoms with E-state index >= 15 is 0 Å². The van der Waals surface area contributed by atoms with Crippen molar-refractivity contribution in [3.05, 3.63) is 53.2 Å². The van der Waals surface area contributed by atoms with Crippen LogP contribution in [0.3, 0.4) is 0 Å². The number of rotatable bonds is 2. The zero-order valence-electron chi connectivity index (χ0n) is 11.4. The summed E-state index contributed by atoms with van der Waals surface area (Å²) in [7, 11) is 0. The fourth-order valence-electron chi connectivity index (χ4n) is 2.79. The number of aromatic hydroxyl groups is 1. The first-order valence-electron chi connectivity index (χ1n) is 6.72. The number of carbonyl (C=O) groups is 1. The van der Waals surface area contributed by atoms with Gasteiger partial charge in [0.2, 0.25) is 0 Å². The molecule has 6 nitrogen and oxygen atoms in total. The molecule has 0 atom stereocenters. The highest BCUT2D eigenvalue weighted by Gasteiger charge is 2.26. The highest BCUT2D eigenvalue weighted by atomic mass is 16.4. The van der Waals surface area contributed by atoms with Crippen LogP contribution in [-0.4, -0.2) is 31.4 Å². The van der Waals surface area contributed by atoms with Crippen LogP contribution < -0.4 is 0 Å². The number of aromatic nitrogens is 3. The summed E-state index contributed by atoms with van der Waals surface area (Å²) in [4.78, 5) is 15.1. The fraction of sp³-hybridized carbons (Fsp3) is 0.0625. The Kier molecular flexibility index (Phi) is 2.53. The van der Waals surface area contributed by atoms with Gasteiger partial charge in [-0.25, -0.2) is 4.79 Å². The van der Waals surface area contributed by atoms with Gasteiger partial charge in [-0.05, 0) is 35.9 Å². The first-order valence-corrected chi connectivity index (χ1v) is 6.72. The molecule has 0 spiro atoms. The van der Waals surface area contributed by atoms with E-state index in [9.17, 15) is 9.90 Å². The van der Waals surface area contributed by atoms with E-state index < -0.39 is 5.97 Å². The van der Waals surface area contributed by atoms with Crippen LogP contribution in [-0.2, 0) is 6.42 Å². The Bertz CT molecular complexity index is 897. The molecule has 1 aromatic carbocycles. The van der Waals surface area contributed by atoms with Gasteiger partial charge >= 0.3 is 5.97 Å². The van der Waals surface area contributed by atoms with Gasteiger partial charge in [-0.15, -0.1) is 0 Å². The SMILES string of the molecule is O=C(O)c1ccc(-c2[nH]nc3c2Cc2cc(O)ccc2-3)nc1. The van der Waals surface area contributed by atoms with Crippen molar-refractivity contribution in [3.8, 4) is 28.4 Å². The lowest BCUT2D eigenvalue weighted by Gasteiger charge is -2.01. The van der Waals surface area contributed by atoms with Crippen molar-refractivity contribution in [1.29, 1.82) is 0 Å². The molecular weight excluding hydrogens is 282 g/mol. The summed E-state index contributed by atoms with van der Waals surface area (Å²) in [5, 5.41) is 25.8. The van der Waals surface area contributed by atoms with Gasteiger partial charge < -0.3 is 10.2 Å². The Morgan fingerprint density at radius 2 is 2.09 bits per heavy atom. The van der Waals surface area contributed by atoms with E-state index in [1.807, 2.05) is 6.07 Å². The molecule has 3 N–H and O–H groups in total. The Morgan fingerprint density at radius 1 is 1.23 bits per heavy atom. The van der Waals surface area contributed by atoms with Gasteiger partial charge in [0.1, 0.15) is 5.75 Å². The molecule has 108 valence electrons. The number of carboxylic acid groups (broad SMARTS) is 1. The topological polar surface area (TPSA) is 99.1 Å². The maximum Gasteiger partial charge on any atom is 0.337 e. The van der Waals surface area contributed by atoms with E-state index in [1.165, 1.54) is 12.3 Å². The summed E-state index contributed by atoms with van der Waals surface area (Å²) in [6, 6.07) is 8.41. The number of pyridine rings is 1. The number of benzene rings is 1. The maximum atomic E-state index is 10.9. The molecular formula is C16H11N3O3. The number of aromatic amines is 1. The molecule has 0 radical (unpaired) electrons. The van der Waals surface area contributed by atoms with Gasteiger partial charge in [0.05, 0.1) is 22.6 Å². The van der Waals surface area contributed by atoms with Gasteiger partial charge in [-0.2, -0.15) is 5.10 Å². The Morgan fingerprint density at radius 3 is 2.82 bits per heavy atom. The number of hydrogen-bond acceptors (Lipinski definition) is 4. The Balaban J connectivity index is 1.78. The molecule has 1 aliphatic rings. The van der Waals surface area contributed by atoms with Gasteiger partial charge in [0.15, 0.2) is 0 Å². The number of aromatic carboxylic acids is 1. The van der Waals surface area contributed by atoms with Crippen LogP contribution in [0.25, 0.3) is 22.6 Å². The summed E-state index contributed by atoms with van der Waals surface area (Å²) < 4.78 is 0. The third kappa shape index (κ3) is 1.77. The number of carboxylic acids is 1. The fourth-order valence-corrected chi connectivity index (χ4v) is 2.79. The van der Waals surface area contributed by atoms with Crippen LogP contribution in [0.1, 0.15) is 21.5 Å². The molecule has 0 fully saturated rings. The zero-order chi connectivity index (χ0) is 15.3. The third-order valence-corrected chi connectivity index (χ3v) is 3.84. The van der Waals surface area contributed by atoms with E-state index in [0.29, 0.717) is 12.1 Å². The molecule has 22 heavy (non-hydrogen) atoms. The second kappa shape index (κ2) is 4.42. The highest BCUT2D eigenvalue weighted by molar-refractivity contribution is 5.88. The molecule has 0 amide bonds. The summed E-state index contributed by atoms with van der Waals surface area (Å²) >= 11 is 0. The van der Waals surface area contributed by atoms with Crippen LogP contribution in [0.2, 0.25) is 0 Å². The van der Waals surface area contributed by atoms with Gasteiger partial charge in [0, 0.05) is 23.7 Å². The largest absolute Gasteiger partial charge is 0.508 e. The van der Waals surface area contributed by atoms with E-state index in [4.69, 9.17) is 5.11 Å². The first-order chi connectivity index (χ1) is 10.6. The molecule has 0 unspecified atom stereocenters. The quantitative estimate of drug-likeness (QED) is 0.527. The van der Waals surface area contributed by atoms with Crippen LogP contribution >= 0.6 is 0 Å². The number of H-pyrrole nitrogens is 1. The van der Waals surface area contributed by atoms with E-state index in [1.54, 1.807) is 18.2 Å². The maximum absolute atomic E-state index is 10.9. The molecule has 3 aromatic rings. The second-order valence-corrected chi connectivity index (χ2v) is 5.18. The first kappa shape index (κ1) is 12.6. The Labute approximate surface area is 125 Å². The van der Waals surface area contributed by atoms with Crippen molar-refractivity contribution in [3.63, 3.8) is 0 Å². The zero-order valence-corrected chi connectivity index (χ0v) is 11.4. The minimum absolute atomic E-state index is 0.146. The molecule has 0 saturated heterocycles. The van der Waals surface area contributed by atoms with Gasteiger partial charge in [-0.1, -0.05) is 0 Å². The molecule has 4 rings (SSSR count). The van der Waals surface area contributed by atoms with Crippen molar-refractivity contribution in [2.75, 3.05) is 0 Å². The summed E-state index contributed by atoms with van der Waals surface area (Å²) in [6.07, 6.45) is 1.99. The molecule has 2 aromatic heterocycles. The van der Waals surface area contributed by atoms with Crippen molar-refractivity contribution in [2.45, 2.75) is 6.42 Å². The number of hydrogen-bond donors (Lipinski definition) is 3. The van der Waals surface area contributed by atoms with Crippen molar-refractivity contribution in [1.82, 2.24) is 15.2 Å². The summed E-state index contributed by atoms with van der Waals surface area (Å²) in [5.74, 6) is -0.768. The highest BCUT2D eigenvalue weighted by Crippen LogP contribution is 2.40. The summed E-state index contributed by atoms with van der Waals surface area (Å²) in [5.41, 5.74) is 5.46. The van der Waals surface area contributed by atoms with Crippen molar-refractivity contribution in [2.24, 2.45) is 0 Å². The lowest BCUT2D eigenvalue weighted by molar-refractivity contribution is 0.0696. The average molecular weight is 293 g/mol. The number of phenols is 1. The molecule has 2 heterocycles. The van der Waals surface area contributed by atoms with Crippen LogP contribution in [0, 0.1) is 0 Å². The van der Waals surface area contributed by atoms with Crippen LogP contribution in [0.5, 0.6) is 5.75 Å². The lowest BCUT2D eigenvalue weighted by atomic mass is 10.1. The molecule has 6 heteroatoms. The van der Waals surface area contributed by atoms with E-state index in [-0.39, 0.29) is 11.3 Å². The van der Waals surface area contributed by atoms with E-state index in [2.05, 4.69) is 15.2 Å². The normalized spacial score (nSPS) is 12.0. The Hall–Kier alpha value is -3.15. The third-order valence-electron chi connectivity index (χ3n) is 3.84. The molecule has 0 aliphatic heterocycles. The second-order valence-electron chi connectivity index (χ2n) is 5.18. The monoisotopic (exact) mass is 293 g/mol. The average Bonchev–Trinajstić information content (AvgIpc) is 3.05. The van der Waals surface area contributed by atoms with Gasteiger partial charge in [-0.3, -0.25) is 10.1 Å². The predicted molar refractivity (Wildman–Crippen MR) is 78.7 cm³/mol. The minimum atomic E-state index is -1.00. The van der Waals surface area contributed by atoms with Crippen molar-refractivity contribution >= 4 is 5.97 Å². The number of phenolic OH excluding ortho intramolecular Hbond substituents is 1. The van der Waals surface area contributed by atoms with Crippen LogP contribution in [0.4, 0.5) is 0 Å². The number of fused-ring (bicyclic) bond motifs is 3. The summed E-state index contributed by atoms with van der Waals surface area (Å²) in [6.45, 7) is 0. The van der Waals surface area contributed by atoms with Gasteiger partial charge in [0.25, 0.3) is 0 Å². The number of nitrogens with one attached hydrogen (secondary N) is 1. The molecule has 0 saturated carbocycles.